The highest BCUT2D eigenvalue weighted by Gasteiger charge is 2.09. The van der Waals surface area contributed by atoms with Gasteiger partial charge in [0.1, 0.15) is 12.2 Å². The molecular weight excluding hydrogens is 180 g/mol. The predicted molar refractivity (Wildman–Crippen MR) is 52.4 cm³/mol. The van der Waals surface area contributed by atoms with Crippen molar-refractivity contribution in [2.24, 2.45) is 0 Å². The fourth-order valence-electron chi connectivity index (χ4n) is 1.14. The van der Waals surface area contributed by atoms with Crippen LogP contribution in [0.5, 0.6) is 0 Å². The minimum Gasteiger partial charge on any atom is -0.338 e. The number of aromatic amines is 1. The van der Waals surface area contributed by atoms with Crippen LogP contribution in [0.1, 0.15) is 32.0 Å². The fraction of sp³-hybridized carbons (Fsp3) is 0.667. The zero-order valence-electron chi connectivity index (χ0n) is 8.66. The number of H-pyrrole nitrogens is 1. The SMILES string of the molecule is CCCCC(=O)N(C)Cc1ncn[nH]1. The van der Waals surface area contributed by atoms with Gasteiger partial charge >= 0.3 is 0 Å². The third kappa shape index (κ3) is 3.16. The molecule has 0 aliphatic rings. The summed E-state index contributed by atoms with van der Waals surface area (Å²) in [7, 11) is 1.78. The van der Waals surface area contributed by atoms with Crippen LogP contribution in [0.3, 0.4) is 0 Å². The zero-order valence-corrected chi connectivity index (χ0v) is 8.66. The molecule has 0 unspecified atom stereocenters. The summed E-state index contributed by atoms with van der Waals surface area (Å²) in [6, 6.07) is 0. The van der Waals surface area contributed by atoms with Gasteiger partial charge in [-0.1, -0.05) is 13.3 Å². The largest absolute Gasteiger partial charge is 0.338 e. The lowest BCUT2D eigenvalue weighted by molar-refractivity contribution is -0.130. The molecule has 0 fully saturated rings. The van der Waals surface area contributed by atoms with Gasteiger partial charge < -0.3 is 4.90 Å². The Kier molecular flexibility index (Phi) is 4.10. The molecule has 1 heterocycles. The number of hydrogen-bond acceptors (Lipinski definition) is 3. The van der Waals surface area contributed by atoms with Crippen molar-refractivity contribution in [2.75, 3.05) is 7.05 Å². The molecule has 1 amide bonds. The van der Waals surface area contributed by atoms with Crippen molar-refractivity contribution < 1.29 is 4.79 Å². The topological polar surface area (TPSA) is 61.9 Å². The highest BCUT2D eigenvalue weighted by molar-refractivity contribution is 5.75. The molecular formula is C9H16N4O. The Morgan fingerprint density at radius 2 is 2.43 bits per heavy atom. The van der Waals surface area contributed by atoms with Gasteiger partial charge in [0.05, 0.1) is 6.54 Å². The zero-order chi connectivity index (χ0) is 10.4. The average Bonchev–Trinajstić information content (AvgIpc) is 2.66. The Morgan fingerprint density at radius 3 is 3.00 bits per heavy atom. The van der Waals surface area contributed by atoms with Crippen molar-refractivity contribution in [3.05, 3.63) is 12.2 Å². The smallest absolute Gasteiger partial charge is 0.222 e. The van der Waals surface area contributed by atoms with Crippen molar-refractivity contribution in [3.63, 3.8) is 0 Å². The number of nitrogens with zero attached hydrogens (tertiary/aromatic N) is 3. The van der Waals surface area contributed by atoms with Crippen molar-refractivity contribution >= 4 is 5.91 Å². The van der Waals surface area contributed by atoms with E-state index >= 15 is 0 Å². The van der Waals surface area contributed by atoms with Crippen LogP contribution in [0, 0.1) is 0 Å². The van der Waals surface area contributed by atoms with Crippen LogP contribution in [0.15, 0.2) is 6.33 Å². The van der Waals surface area contributed by atoms with Crippen molar-refractivity contribution in [2.45, 2.75) is 32.7 Å². The maximum Gasteiger partial charge on any atom is 0.222 e. The number of unbranched alkanes of at least 4 members (excludes halogenated alkanes) is 1. The molecule has 0 aromatic carbocycles. The Balaban J connectivity index is 2.34. The molecule has 0 spiro atoms. The summed E-state index contributed by atoms with van der Waals surface area (Å²) >= 11 is 0. The van der Waals surface area contributed by atoms with E-state index in [1.165, 1.54) is 6.33 Å². The van der Waals surface area contributed by atoms with Crippen LogP contribution in [-0.2, 0) is 11.3 Å². The van der Waals surface area contributed by atoms with Crippen molar-refractivity contribution in [1.82, 2.24) is 20.1 Å². The van der Waals surface area contributed by atoms with Crippen LogP contribution in [0.2, 0.25) is 0 Å². The minimum absolute atomic E-state index is 0.156. The number of nitrogens with one attached hydrogen (secondary N) is 1. The van der Waals surface area contributed by atoms with Crippen molar-refractivity contribution in [1.29, 1.82) is 0 Å². The maximum absolute atomic E-state index is 11.5. The lowest BCUT2D eigenvalue weighted by Gasteiger charge is -2.14. The second-order valence-electron chi connectivity index (χ2n) is 3.29. The number of hydrogen-bond donors (Lipinski definition) is 1. The molecule has 0 bridgehead atoms. The van der Waals surface area contributed by atoms with Crippen LogP contribution < -0.4 is 0 Å². The van der Waals surface area contributed by atoms with E-state index in [1.54, 1.807) is 11.9 Å². The van der Waals surface area contributed by atoms with Gasteiger partial charge in [-0.05, 0) is 6.42 Å². The van der Waals surface area contributed by atoms with Gasteiger partial charge in [0, 0.05) is 13.5 Å². The molecule has 0 radical (unpaired) electrons. The number of carbonyl (C=O) groups excluding carboxylic acids is 1. The molecule has 1 aromatic heterocycles. The molecule has 1 aromatic rings. The van der Waals surface area contributed by atoms with E-state index in [-0.39, 0.29) is 5.91 Å². The molecule has 78 valence electrons. The molecule has 1 rings (SSSR count). The van der Waals surface area contributed by atoms with Gasteiger partial charge in [0.15, 0.2) is 0 Å². The van der Waals surface area contributed by atoms with Gasteiger partial charge in [-0.2, -0.15) is 5.10 Å². The lowest BCUT2D eigenvalue weighted by Crippen LogP contribution is -2.26. The predicted octanol–water partition coefficient (Wildman–Crippen LogP) is 0.953. The third-order valence-electron chi connectivity index (χ3n) is 2.02. The summed E-state index contributed by atoms with van der Waals surface area (Å²) in [6.45, 7) is 2.58. The van der Waals surface area contributed by atoms with E-state index in [0.29, 0.717) is 13.0 Å². The Hall–Kier alpha value is -1.39. The lowest BCUT2D eigenvalue weighted by atomic mass is 10.2. The average molecular weight is 196 g/mol. The first kappa shape index (κ1) is 10.7. The molecule has 1 N–H and O–H groups in total. The Morgan fingerprint density at radius 1 is 1.64 bits per heavy atom. The molecule has 5 heteroatoms. The van der Waals surface area contributed by atoms with E-state index in [1.807, 2.05) is 0 Å². The molecule has 5 nitrogen and oxygen atoms in total. The second kappa shape index (κ2) is 5.36. The third-order valence-corrected chi connectivity index (χ3v) is 2.02. The van der Waals surface area contributed by atoms with E-state index in [2.05, 4.69) is 22.1 Å². The van der Waals surface area contributed by atoms with E-state index in [0.717, 1.165) is 18.7 Å². The summed E-state index contributed by atoms with van der Waals surface area (Å²) in [5, 5.41) is 6.45. The van der Waals surface area contributed by atoms with Crippen LogP contribution in [0.4, 0.5) is 0 Å². The van der Waals surface area contributed by atoms with Crippen LogP contribution in [-0.4, -0.2) is 33.0 Å². The van der Waals surface area contributed by atoms with Crippen molar-refractivity contribution in [3.8, 4) is 0 Å². The number of amides is 1. The van der Waals surface area contributed by atoms with E-state index in [4.69, 9.17) is 0 Å². The normalized spacial score (nSPS) is 10.1. The monoisotopic (exact) mass is 196 g/mol. The maximum atomic E-state index is 11.5. The standard InChI is InChI=1S/C9H16N4O/c1-3-4-5-9(14)13(2)6-8-10-7-11-12-8/h7H,3-6H2,1-2H3,(H,10,11,12). The Labute approximate surface area is 83.5 Å². The summed E-state index contributed by atoms with van der Waals surface area (Å²) in [5.41, 5.74) is 0. The summed E-state index contributed by atoms with van der Waals surface area (Å²) < 4.78 is 0. The quantitative estimate of drug-likeness (QED) is 0.762. The molecule has 0 saturated carbocycles. The molecule has 0 aliphatic heterocycles. The first-order chi connectivity index (χ1) is 6.74. The highest BCUT2D eigenvalue weighted by Crippen LogP contribution is 2.01. The number of aromatic nitrogens is 3. The minimum atomic E-state index is 0.156. The molecule has 0 saturated heterocycles. The van der Waals surface area contributed by atoms with Crippen LogP contribution >= 0.6 is 0 Å². The van der Waals surface area contributed by atoms with Crippen LogP contribution in [0.25, 0.3) is 0 Å². The second-order valence-corrected chi connectivity index (χ2v) is 3.29. The molecule has 0 aliphatic carbocycles. The van der Waals surface area contributed by atoms with Gasteiger partial charge in [-0.25, -0.2) is 4.98 Å². The molecule has 0 atom stereocenters. The highest BCUT2D eigenvalue weighted by atomic mass is 16.2. The van der Waals surface area contributed by atoms with Gasteiger partial charge in [0.2, 0.25) is 5.91 Å². The number of rotatable bonds is 5. The number of carbonyl (C=O) groups is 1. The van der Waals surface area contributed by atoms with Gasteiger partial charge in [0.25, 0.3) is 0 Å². The van der Waals surface area contributed by atoms with Gasteiger partial charge in [-0.15, -0.1) is 0 Å². The first-order valence-corrected chi connectivity index (χ1v) is 4.82. The van der Waals surface area contributed by atoms with Gasteiger partial charge in [-0.3, -0.25) is 9.89 Å². The van der Waals surface area contributed by atoms with E-state index in [9.17, 15) is 4.79 Å². The summed E-state index contributed by atoms with van der Waals surface area (Å²) in [4.78, 5) is 17.1. The first-order valence-electron chi connectivity index (χ1n) is 4.82. The summed E-state index contributed by atoms with van der Waals surface area (Å²) in [5.74, 6) is 0.876. The van der Waals surface area contributed by atoms with E-state index < -0.39 is 0 Å². The molecule has 14 heavy (non-hydrogen) atoms. The fourth-order valence-corrected chi connectivity index (χ4v) is 1.14. The summed E-state index contributed by atoms with van der Waals surface area (Å²) in [6.07, 6.45) is 4.04. The Bertz CT molecular complexity index is 270.